The molecule has 0 bridgehead atoms. The first kappa shape index (κ1) is 17.0. The van der Waals surface area contributed by atoms with Crippen LogP contribution in [-0.4, -0.2) is 31.1 Å². The van der Waals surface area contributed by atoms with Gasteiger partial charge < -0.3 is 10.2 Å². The quantitative estimate of drug-likeness (QED) is 0.745. The number of hydrogen-bond acceptors (Lipinski definition) is 2. The minimum atomic E-state index is 0.325. The van der Waals surface area contributed by atoms with Crippen molar-refractivity contribution in [2.24, 2.45) is 0 Å². The molecule has 1 aromatic rings. The van der Waals surface area contributed by atoms with Crippen LogP contribution >= 0.6 is 27.5 Å². The van der Waals surface area contributed by atoms with E-state index in [0.717, 1.165) is 42.1 Å². The van der Waals surface area contributed by atoms with Crippen molar-refractivity contribution in [1.82, 2.24) is 10.2 Å². The topological polar surface area (TPSA) is 15.3 Å². The van der Waals surface area contributed by atoms with Crippen molar-refractivity contribution in [3.63, 3.8) is 0 Å². The highest BCUT2D eigenvalue weighted by Crippen LogP contribution is 2.28. The Hall–Kier alpha value is -0.0900. The van der Waals surface area contributed by atoms with E-state index in [1.165, 1.54) is 5.56 Å². The summed E-state index contributed by atoms with van der Waals surface area (Å²) in [7, 11) is 0. The standard InChI is InChI=1S/C15H24BrClN2/c1-4-18-15(9-10-19(5-2)6-3)13-8-7-12(16)11-14(13)17/h7-8,11,15,18H,4-6,9-10H2,1-3H3. The molecule has 0 aromatic heterocycles. The zero-order valence-electron chi connectivity index (χ0n) is 12.0. The van der Waals surface area contributed by atoms with Crippen molar-refractivity contribution in [1.29, 1.82) is 0 Å². The Morgan fingerprint density at radius 1 is 1.26 bits per heavy atom. The molecular formula is C15H24BrClN2. The summed E-state index contributed by atoms with van der Waals surface area (Å²) in [5, 5.41) is 4.37. The number of halogens is 2. The van der Waals surface area contributed by atoms with Crippen LogP contribution in [0, 0.1) is 0 Å². The van der Waals surface area contributed by atoms with Crippen molar-refractivity contribution in [3.8, 4) is 0 Å². The Bertz CT molecular complexity index is 380. The number of nitrogens with one attached hydrogen (secondary N) is 1. The number of hydrogen-bond donors (Lipinski definition) is 1. The van der Waals surface area contributed by atoms with Crippen molar-refractivity contribution in [2.75, 3.05) is 26.2 Å². The summed E-state index contributed by atoms with van der Waals surface area (Å²) in [6.07, 6.45) is 1.08. The molecule has 1 atom stereocenters. The van der Waals surface area contributed by atoms with Gasteiger partial charge in [0.1, 0.15) is 0 Å². The normalized spacial score (nSPS) is 12.9. The third kappa shape index (κ3) is 5.42. The highest BCUT2D eigenvalue weighted by Gasteiger charge is 2.15. The maximum atomic E-state index is 6.36. The molecule has 1 aromatic carbocycles. The van der Waals surface area contributed by atoms with Crippen molar-refractivity contribution >= 4 is 27.5 Å². The highest BCUT2D eigenvalue weighted by atomic mass is 79.9. The lowest BCUT2D eigenvalue weighted by Gasteiger charge is -2.24. The lowest BCUT2D eigenvalue weighted by Crippen LogP contribution is -2.29. The molecular weight excluding hydrogens is 324 g/mol. The fourth-order valence-electron chi connectivity index (χ4n) is 2.25. The maximum Gasteiger partial charge on any atom is 0.0465 e. The molecule has 0 heterocycles. The summed E-state index contributed by atoms with van der Waals surface area (Å²) in [5.74, 6) is 0. The van der Waals surface area contributed by atoms with E-state index >= 15 is 0 Å². The Morgan fingerprint density at radius 3 is 2.47 bits per heavy atom. The number of benzene rings is 1. The third-order valence-corrected chi connectivity index (χ3v) is 4.24. The Balaban J connectivity index is 2.76. The van der Waals surface area contributed by atoms with Gasteiger partial charge in [-0.2, -0.15) is 0 Å². The van der Waals surface area contributed by atoms with Gasteiger partial charge in [-0.15, -0.1) is 0 Å². The van der Waals surface area contributed by atoms with Crippen LogP contribution in [-0.2, 0) is 0 Å². The highest BCUT2D eigenvalue weighted by molar-refractivity contribution is 9.10. The predicted molar refractivity (Wildman–Crippen MR) is 88.0 cm³/mol. The molecule has 2 nitrogen and oxygen atoms in total. The van der Waals surface area contributed by atoms with Gasteiger partial charge in [0.15, 0.2) is 0 Å². The third-order valence-electron chi connectivity index (χ3n) is 3.42. The molecule has 0 aliphatic carbocycles. The largest absolute Gasteiger partial charge is 0.310 e. The van der Waals surface area contributed by atoms with E-state index in [2.05, 4.69) is 59.1 Å². The van der Waals surface area contributed by atoms with Gasteiger partial charge in [0.05, 0.1) is 0 Å². The molecule has 0 aliphatic rings. The molecule has 1 unspecified atom stereocenters. The van der Waals surface area contributed by atoms with Crippen molar-refractivity contribution in [2.45, 2.75) is 33.2 Å². The molecule has 19 heavy (non-hydrogen) atoms. The van der Waals surface area contributed by atoms with Gasteiger partial charge in [-0.05, 0) is 50.3 Å². The molecule has 0 saturated carbocycles. The molecule has 0 fully saturated rings. The lowest BCUT2D eigenvalue weighted by atomic mass is 10.0. The second-order valence-corrected chi connectivity index (χ2v) is 5.91. The molecule has 4 heteroatoms. The van der Waals surface area contributed by atoms with Crippen LogP contribution in [0.2, 0.25) is 5.02 Å². The van der Waals surface area contributed by atoms with Crippen LogP contribution in [0.3, 0.4) is 0 Å². The van der Waals surface area contributed by atoms with Gasteiger partial charge in [0.2, 0.25) is 0 Å². The van der Waals surface area contributed by atoms with Gasteiger partial charge in [-0.1, -0.05) is 54.4 Å². The molecule has 1 rings (SSSR count). The van der Waals surface area contributed by atoms with Crippen LogP contribution < -0.4 is 5.32 Å². The van der Waals surface area contributed by atoms with Gasteiger partial charge in [-0.3, -0.25) is 0 Å². The van der Waals surface area contributed by atoms with Gasteiger partial charge in [-0.25, -0.2) is 0 Å². The molecule has 0 amide bonds. The summed E-state index contributed by atoms with van der Waals surface area (Å²) in [5.41, 5.74) is 1.19. The molecule has 1 N–H and O–H groups in total. The lowest BCUT2D eigenvalue weighted by molar-refractivity contribution is 0.282. The monoisotopic (exact) mass is 346 g/mol. The Kier molecular flexibility index (Phi) is 8.00. The maximum absolute atomic E-state index is 6.36. The predicted octanol–water partition coefficient (Wildman–Crippen LogP) is 4.49. The van der Waals surface area contributed by atoms with Gasteiger partial charge in [0.25, 0.3) is 0 Å². The second-order valence-electron chi connectivity index (χ2n) is 4.59. The van der Waals surface area contributed by atoms with Crippen LogP contribution in [0.5, 0.6) is 0 Å². The van der Waals surface area contributed by atoms with E-state index in [4.69, 9.17) is 11.6 Å². The number of rotatable bonds is 8. The van der Waals surface area contributed by atoms with E-state index in [1.807, 2.05) is 6.07 Å². The molecule has 0 spiro atoms. The van der Waals surface area contributed by atoms with E-state index in [-0.39, 0.29) is 0 Å². The van der Waals surface area contributed by atoms with E-state index in [9.17, 15) is 0 Å². The fraction of sp³-hybridized carbons (Fsp3) is 0.600. The van der Waals surface area contributed by atoms with Crippen LogP contribution in [0.15, 0.2) is 22.7 Å². The average molecular weight is 348 g/mol. The molecule has 0 saturated heterocycles. The van der Waals surface area contributed by atoms with Crippen LogP contribution in [0.4, 0.5) is 0 Å². The summed E-state index contributed by atoms with van der Waals surface area (Å²) in [6, 6.07) is 6.47. The van der Waals surface area contributed by atoms with E-state index in [1.54, 1.807) is 0 Å². The molecule has 108 valence electrons. The zero-order valence-corrected chi connectivity index (χ0v) is 14.4. The van der Waals surface area contributed by atoms with Crippen LogP contribution in [0.25, 0.3) is 0 Å². The van der Waals surface area contributed by atoms with Crippen molar-refractivity contribution < 1.29 is 0 Å². The first-order chi connectivity index (χ1) is 9.12. The molecule has 0 aliphatic heterocycles. The van der Waals surface area contributed by atoms with Crippen LogP contribution in [0.1, 0.15) is 38.8 Å². The van der Waals surface area contributed by atoms with E-state index < -0.39 is 0 Å². The van der Waals surface area contributed by atoms with Gasteiger partial charge >= 0.3 is 0 Å². The number of nitrogens with zero attached hydrogens (tertiary/aromatic N) is 1. The SMILES string of the molecule is CCNC(CCN(CC)CC)c1ccc(Br)cc1Cl. The minimum absolute atomic E-state index is 0.325. The summed E-state index contributed by atoms with van der Waals surface area (Å²) >= 11 is 9.82. The first-order valence-corrected chi connectivity index (χ1v) is 8.20. The summed E-state index contributed by atoms with van der Waals surface area (Å²) < 4.78 is 1.03. The summed E-state index contributed by atoms with van der Waals surface area (Å²) in [4.78, 5) is 2.44. The minimum Gasteiger partial charge on any atom is -0.310 e. The smallest absolute Gasteiger partial charge is 0.0465 e. The second kappa shape index (κ2) is 8.96. The van der Waals surface area contributed by atoms with Crippen molar-refractivity contribution in [3.05, 3.63) is 33.3 Å². The summed E-state index contributed by atoms with van der Waals surface area (Å²) in [6.45, 7) is 10.8. The van der Waals surface area contributed by atoms with E-state index in [0.29, 0.717) is 6.04 Å². The fourth-order valence-corrected chi connectivity index (χ4v) is 3.05. The Morgan fingerprint density at radius 2 is 1.95 bits per heavy atom. The average Bonchev–Trinajstić information content (AvgIpc) is 2.39. The first-order valence-electron chi connectivity index (χ1n) is 7.03. The van der Waals surface area contributed by atoms with Gasteiger partial charge in [0, 0.05) is 15.5 Å². The zero-order chi connectivity index (χ0) is 14.3. The molecule has 0 radical (unpaired) electrons. The Labute approximate surface area is 130 Å².